The van der Waals surface area contributed by atoms with Crippen molar-refractivity contribution >= 4 is 27.1 Å². The normalized spacial score (nSPS) is 16.0. The molecule has 1 aromatic heterocycles. The molecule has 162 valence electrons. The number of carbonyl (C=O) groups is 1. The molecule has 0 amide bonds. The van der Waals surface area contributed by atoms with Crippen molar-refractivity contribution in [1.29, 1.82) is 0 Å². The van der Waals surface area contributed by atoms with Gasteiger partial charge in [-0.3, -0.25) is 4.79 Å². The zero-order valence-corrected chi connectivity index (χ0v) is 18.3. The summed E-state index contributed by atoms with van der Waals surface area (Å²) in [5.41, 5.74) is 0.932. The maximum absolute atomic E-state index is 12.9. The van der Waals surface area contributed by atoms with Gasteiger partial charge in [-0.25, -0.2) is 8.42 Å². The number of rotatable bonds is 7. The van der Waals surface area contributed by atoms with Crippen LogP contribution >= 0.6 is 11.3 Å². The number of ether oxygens (including phenoxy) is 2. The van der Waals surface area contributed by atoms with Crippen LogP contribution in [0.3, 0.4) is 0 Å². The second kappa shape index (κ2) is 8.82. The number of hydrogen-bond donors (Lipinski definition) is 1. The fourth-order valence-corrected chi connectivity index (χ4v) is 6.15. The van der Waals surface area contributed by atoms with E-state index in [1.54, 1.807) is 23.5 Å². The molecule has 1 N–H and O–H groups in total. The summed E-state index contributed by atoms with van der Waals surface area (Å²) in [6, 6.07) is 15.8. The van der Waals surface area contributed by atoms with Gasteiger partial charge in [0.2, 0.25) is 0 Å². The van der Waals surface area contributed by atoms with Gasteiger partial charge in [0.05, 0.1) is 16.1 Å². The Morgan fingerprint density at radius 2 is 1.58 bits per heavy atom. The second-order valence-corrected chi connectivity index (χ2v) is 10.3. The van der Waals surface area contributed by atoms with E-state index in [0.29, 0.717) is 11.5 Å². The van der Waals surface area contributed by atoms with Gasteiger partial charge in [0.1, 0.15) is 11.5 Å². The first-order chi connectivity index (χ1) is 14.9. The van der Waals surface area contributed by atoms with Gasteiger partial charge in [-0.2, -0.15) is 11.3 Å². The minimum Gasteiger partial charge on any atom is -0.481 e. The lowest BCUT2D eigenvalue weighted by molar-refractivity contribution is -0.152. The van der Waals surface area contributed by atoms with E-state index in [4.69, 9.17) is 9.47 Å². The SMILES string of the molecule is O=C(O)C1(CS(=O)(=O)c2ccc(Oc3ccc(-c4ccsc4)cc3)cc2)CCOCC1. The number of aliphatic carboxylic acids is 1. The number of thiophene rings is 1. The molecule has 0 radical (unpaired) electrons. The van der Waals surface area contributed by atoms with E-state index in [0.717, 1.165) is 11.1 Å². The van der Waals surface area contributed by atoms with Crippen molar-refractivity contribution in [2.45, 2.75) is 17.7 Å². The average Bonchev–Trinajstić information content (AvgIpc) is 3.30. The average molecular weight is 459 g/mol. The molecular weight excluding hydrogens is 436 g/mol. The summed E-state index contributed by atoms with van der Waals surface area (Å²) < 4.78 is 36.8. The molecule has 1 aliphatic rings. The zero-order chi connectivity index (χ0) is 21.9. The summed E-state index contributed by atoms with van der Waals surface area (Å²) in [5, 5.41) is 13.7. The molecule has 6 nitrogen and oxygen atoms in total. The van der Waals surface area contributed by atoms with Gasteiger partial charge in [-0.05, 0) is 77.2 Å². The van der Waals surface area contributed by atoms with E-state index in [-0.39, 0.29) is 31.0 Å². The molecule has 0 spiro atoms. The monoisotopic (exact) mass is 458 g/mol. The van der Waals surface area contributed by atoms with Crippen LogP contribution in [0.4, 0.5) is 0 Å². The minimum absolute atomic E-state index is 0.0831. The maximum atomic E-state index is 12.9. The standard InChI is InChI=1S/C23H22O6S2/c24-22(25)23(10-12-28-13-11-23)16-31(26,27)21-7-5-20(6-8-21)29-19-3-1-17(2-4-19)18-9-14-30-15-18/h1-9,14-15H,10-13,16H2,(H,24,25). The molecule has 0 atom stereocenters. The highest BCUT2D eigenvalue weighted by molar-refractivity contribution is 7.91. The Hall–Kier alpha value is -2.68. The fourth-order valence-electron chi connectivity index (χ4n) is 3.62. The Bertz CT molecular complexity index is 1130. The third kappa shape index (κ3) is 4.81. The Morgan fingerprint density at radius 3 is 2.13 bits per heavy atom. The van der Waals surface area contributed by atoms with Gasteiger partial charge < -0.3 is 14.6 Å². The Labute approximate surface area is 185 Å². The molecule has 0 saturated carbocycles. The van der Waals surface area contributed by atoms with Crippen LogP contribution in [-0.4, -0.2) is 38.5 Å². The largest absolute Gasteiger partial charge is 0.481 e. The number of carboxylic acid groups (broad SMARTS) is 1. The van der Waals surface area contributed by atoms with E-state index in [9.17, 15) is 18.3 Å². The topological polar surface area (TPSA) is 89.9 Å². The third-order valence-electron chi connectivity index (χ3n) is 5.50. The van der Waals surface area contributed by atoms with Gasteiger partial charge >= 0.3 is 5.97 Å². The molecular formula is C23H22O6S2. The van der Waals surface area contributed by atoms with Crippen molar-refractivity contribution in [3.8, 4) is 22.6 Å². The molecule has 3 aromatic rings. The molecule has 0 bridgehead atoms. The van der Waals surface area contributed by atoms with Crippen molar-refractivity contribution in [3.63, 3.8) is 0 Å². The summed E-state index contributed by atoms with van der Waals surface area (Å²) in [4.78, 5) is 11.9. The lowest BCUT2D eigenvalue weighted by Gasteiger charge is -2.32. The van der Waals surface area contributed by atoms with Gasteiger partial charge in [0.15, 0.2) is 9.84 Å². The van der Waals surface area contributed by atoms with E-state index >= 15 is 0 Å². The van der Waals surface area contributed by atoms with E-state index < -0.39 is 27.0 Å². The molecule has 4 rings (SSSR count). The molecule has 2 aromatic carbocycles. The molecule has 2 heterocycles. The maximum Gasteiger partial charge on any atom is 0.310 e. The van der Waals surface area contributed by atoms with Gasteiger partial charge in [0.25, 0.3) is 0 Å². The van der Waals surface area contributed by atoms with Crippen molar-refractivity contribution in [2.24, 2.45) is 5.41 Å². The first-order valence-corrected chi connectivity index (χ1v) is 12.4. The Kier molecular flexibility index (Phi) is 6.13. The highest BCUT2D eigenvalue weighted by Crippen LogP contribution is 2.35. The number of sulfone groups is 1. The van der Waals surface area contributed by atoms with Crippen LogP contribution < -0.4 is 4.74 Å². The second-order valence-electron chi connectivity index (χ2n) is 7.57. The third-order valence-corrected chi connectivity index (χ3v) is 8.10. The van der Waals surface area contributed by atoms with Crippen LogP contribution in [0.15, 0.2) is 70.3 Å². The summed E-state index contributed by atoms with van der Waals surface area (Å²) in [5.74, 6) is -0.392. The quantitative estimate of drug-likeness (QED) is 0.544. The Balaban J connectivity index is 1.46. The van der Waals surface area contributed by atoms with Crippen LogP contribution in [0, 0.1) is 5.41 Å². The van der Waals surface area contributed by atoms with Gasteiger partial charge in [-0.1, -0.05) is 12.1 Å². The highest BCUT2D eigenvalue weighted by atomic mass is 32.2. The van der Waals surface area contributed by atoms with Crippen LogP contribution in [-0.2, 0) is 19.4 Å². The van der Waals surface area contributed by atoms with E-state index in [1.165, 1.54) is 12.1 Å². The van der Waals surface area contributed by atoms with Gasteiger partial charge in [0, 0.05) is 13.2 Å². The smallest absolute Gasteiger partial charge is 0.310 e. The number of carboxylic acids is 1. The molecule has 0 unspecified atom stereocenters. The Morgan fingerprint density at radius 1 is 0.968 bits per heavy atom. The van der Waals surface area contributed by atoms with Crippen molar-refractivity contribution in [2.75, 3.05) is 19.0 Å². The van der Waals surface area contributed by atoms with E-state index in [1.807, 2.05) is 29.6 Å². The lowest BCUT2D eigenvalue weighted by atomic mass is 9.82. The highest BCUT2D eigenvalue weighted by Gasteiger charge is 2.44. The first-order valence-electron chi connectivity index (χ1n) is 9.82. The van der Waals surface area contributed by atoms with Crippen LogP contribution in [0.1, 0.15) is 12.8 Å². The number of benzene rings is 2. The zero-order valence-electron chi connectivity index (χ0n) is 16.7. The van der Waals surface area contributed by atoms with E-state index in [2.05, 4.69) is 11.4 Å². The molecule has 1 aliphatic heterocycles. The fraction of sp³-hybridized carbons (Fsp3) is 0.261. The lowest BCUT2D eigenvalue weighted by Crippen LogP contribution is -2.42. The first kappa shape index (κ1) is 21.5. The van der Waals surface area contributed by atoms with Crippen LogP contribution in [0.2, 0.25) is 0 Å². The van der Waals surface area contributed by atoms with Crippen molar-refractivity contribution in [3.05, 3.63) is 65.4 Å². The van der Waals surface area contributed by atoms with Crippen LogP contribution in [0.5, 0.6) is 11.5 Å². The molecule has 0 aliphatic carbocycles. The van der Waals surface area contributed by atoms with Crippen molar-refractivity contribution < 1.29 is 27.8 Å². The molecule has 8 heteroatoms. The summed E-state index contributed by atoms with van der Waals surface area (Å²) >= 11 is 1.64. The van der Waals surface area contributed by atoms with Crippen molar-refractivity contribution in [1.82, 2.24) is 0 Å². The summed E-state index contributed by atoms with van der Waals surface area (Å²) in [6.45, 7) is 0.500. The molecule has 1 fully saturated rings. The minimum atomic E-state index is -3.77. The predicted molar refractivity (Wildman–Crippen MR) is 118 cm³/mol. The number of hydrogen-bond acceptors (Lipinski definition) is 6. The summed E-state index contributed by atoms with van der Waals surface area (Å²) in [6.07, 6.45) is 0.369. The summed E-state index contributed by atoms with van der Waals surface area (Å²) in [7, 11) is -3.77. The molecule has 31 heavy (non-hydrogen) atoms. The molecule has 1 saturated heterocycles. The predicted octanol–water partition coefficient (Wildman–Crippen LogP) is 4.86. The van der Waals surface area contributed by atoms with Crippen LogP contribution in [0.25, 0.3) is 11.1 Å². The van der Waals surface area contributed by atoms with Gasteiger partial charge in [-0.15, -0.1) is 0 Å².